The van der Waals surface area contributed by atoms with E-state index in [1.54, 1.807) is 0 Å². The van der Waals surface area contributed by atoms with E-state index in [2.05, 4.69) is 5.92 Å². The van der Waals surface area contributed by atoms with Crippen molar-refractivity contribution in [3.63, 3.8) is 0 Å². The average molecular weight is 200 g/mol. The molecule has 1 heterocycles. The van der Waals surface area contributed by atoms with Gasteiger partial charge in [0.05, 0.1) is 13.0 Å². The number of carbonyl (C=O) groups excluding carboxylic acids is 1. The van der Waals surface area contributed by atoms with Crippen molar-refractivity contribution in [2.75, 3.05) is 6.61 Å². The van der Waals surface area contributed by atoms with Crippen LogP contribution in [0.1, 0.15) is 23.7 Å². The zero-order valence-electron chi connectivity index (χ0n) is 8.40. The van der Waals surface area contributed by atoms with E-state index in [0.29, 0.717) is 6.61 Å². The van der Waals surface area contributed by atoms with Gasteiger partial charge in [0, 0.05) is 0 Å². The zero-order valence-corrected chi connectivity index (χ0v) is 8.40. The fourth-order valence-corrected chi connectivity index (χ4v) is 1.85. The third-order valence-electron chi connectivity index (χ3n) is 2.56. The highest BCUT2D eigenvalue weighted by atomic mass is 16.5. The van der Waals surface area contributed by atoms with Crippen molar-refractivity contribution < 1.29 is 9.53 Å². The SMILES string of the molecule is C#CCC(=O)C1OCCc2ccccc21. The van der Waals surface area contributed by atoms with E-state index >= 15 is 0 Å². The van der Waals surface area contributed by atoms with E-state index in [1.165, 1.54) is 5.56 Å². The van der Waals surface area contributed by atoms with Gasteiger partial charge in [0.15, 0.2) is 5.78 Å². The maximum atomic E-state index is 11.7. The maximum Gasteiger partial charge on any atom is 0.177 e. The highest BCUT2D eigenvalue weighted by molar-refractivity contribution is 5.86. The quantitative estimate of drug-likeness (QED) is 0.681. The van der Waals surface area contributed by atoms with Crippen molar-refractivity contribution >= 4 is 5.78 Å². The Kier molecular flexibility index (Phi) is 2.84. The zero-order chi connectivity index (χ0) is 10.7. The van der Waals surface area contributed by atoms with E-state index in [-0.39, 0.29) is 12.2 Å². The van der Waals surface area contributed by atoms with Gasteiger partial charge in [0.25, 0.3) is 0 Å². The van der Waals surface area contributed by atoms with Crippen molar-refractivity contribution in [3.05, 3.63) is 35.4 Å². The Bertz CT molecular complexity index is 415. The number of terminal acetylenes is 1. The summed E-state index contributed by atoms with van der Waals surface area (Å²) in [5.74, 6) is 2.34. The predicted octanol–water partition coefficient (Wildman–Crippen LogP) is 1.89. The van der Waals surface area contributed by atoms with Crippen LogP contribution in [0.15, 0.2) is 24.3 Å². The number of ether oxygens (including phenoxy) is 1. The molecule has 0 aliphatic carbocycles. The van der Waals surface area contributed by atoms with Crippen LogP contribution in [0, 0.1) is 12.3 Å². The number of carbonyl (C=O) groups is 1. The lowest BCUT2D eigenvalue weighted by Gasteiger charge is -2.24. The van der Waals surface area contributed by atoms with Crippen LogP contribution in [0.4, 0.5) is 0 Å². The van der Waals surface area contributed by atoms with Crippen LogP contribution in [0.3, 0.4) is 0 Å². The summed E-state index contributed by atoms with van der Waals surface area (Å²) >= 11 is 0. The number of ketones is 1. The Morgan fingerprint density at radius 1 is 1.53 bits per heavy atom. The second kappa shape index (κ2) is 4.29. The Labute approximate surface area is 89.3 Å². The molecule has 76 valence electrons. The van der Waals surface area contributed by atoms with Crippen molar-refractivity contribution in [3.8, 4) is 12.3 Å². The molecule has 0 amide bonds. The molecule has 1 atom stereocenters. The van der Waals surface area contributed by atoms with Gasteiger partial charge >= 0.3 is 0 Å². The molecule has 15 heavy (non-hydrogen) atoms. The molecular formula is C13H12O2. The van der Waals surface area contributed by atoms with Crippen molar-refractivity contribution in [2.45, 2.75) is 18.9 Å². The molecule has 1 aliphatic rings. The molecule has 1 aliphatic heterocycles. The summed E-state index contributed by atoms with van der Waals surface area (Å²) in [4.78, 5) is 11.7. The first-order valence-electron chi connectivity index (χ1n) is 4.98. The highest BCUT2D eigenvalue weighted by Crippen LogP contribution is 2.28. The van der Waals surface area contributed by atoms with Crippen LogP contribution in [0.25, 0.3) is 0 Å². The minimum Gasteiger partial charge on any atom is -0.365 e. The first-order valence-corrected chi connectivity index (χ1v) is 4.98. The highest BCUT2D eigenvalue weighted by Gasteiger charge is 2.25. The standard InChI is InChI=1S/C13H12O2/c1-2-5-12(14)13-11-7-4-3-6-10(11)8-9-15-13/h1,3-4,6-7,13H,5,8-9H2. The summed E-state index contributed by atoms with van der Waals surface area (Å²) in [5.41, 5.74) is 2.17. The number of rotatable bonds is 2. The summed E-state index contributed by atoms with van der Waals surface area (Å²) < 4.78 is 5.47. The Hall–Kier alpha value is -1.59. The molecule has 0 fully saturated rings. The largest absolute Gasteiger partial charge is 0.365 e. The van der Waals surface area contributed by atoms with E-state index in [4.69, 9.17) is 11.2 Å². The molecule has 0 spiro atoms. The first kappa shape index (κ1) is 9.95. The molecule has 2 rings (SSSR count). The minimum absolute atomic E-state index is 0.0235. The summed E-state index contributed by atoms with van der Waals surface area (Å²) in [5, 5.41) is 0. The van der Waals surface area contributed by atoms with Gasteiger partial charge in [0.2, 0.25) is 0 Å². The molecule has 1 aromatic carbocycles. The van der Waals surface area contributed by atoms with Gasteiger partial charge in [-0.2, -0.15) is 0 Å². The molecular weight excluding hydrogens is 188 g/mol. The lowest BCUT2D eigenvalue weighted by Crippen LogP contribution is -2.22. The molecule has 0 saturated heterocycles. The number of hydrogen-bond acceptors (Lipinski definition) is 2. The van der Waals surface area contributed by atoms with Crippen LogP contribution in [0.5, 0.6) is 0 Å². The van der Waals surface area contributed by atoms with Gasteiger partial charge < -0.3 is 4.74 Å². The third kappa shape index (κ3) is 1.93. The first-order chi connectivity index (χ1) is 7.33. The van der Waals surface area contributed by atoms with Gasteiger partial charge in [-0.05, 0) is 17.5 Å². The molecule has 0 saturated carbocycles. The Balaban J connectivity index is 2.30. The van der Waals surface area contributed by atoms with Crippen molar-refractivity contribution in [1.29, 1.82) is 0 Å². The van der Waals surface area contributed by atoms with Gasteiger partial charge in [-0.15, -0.1) is 6.42 Å². The van der Waals surface area contributed by atoms with E-state index in [1.807, 2.05) is 24.3 Å². The fraction of sp³-hybridized carbons (Fsp3) is 0.308. The molecule has 0 radical (unpaired) electrons. The van der Waals surface area contributed by atoms with Crippen LogP contribution >= 0.6 is 0 Å². The normalized spacial score (nSPS) is 19.0. The Morgan fingerprint density at radius 3 is 3.13 bits per heavy atom. The van der Waals surface area contributed by atoms with Gasteiger partial charge in [-0.3, -0.25) is 4.79 Å². The van der Waals surface area contributed by atoms with Crippen LogP contribution in [0.2, 0.25) is 0 Å². The van der Waals surface area contributed by atoms with Gasteiger partial charge in [-0.25, -0.2) is 0 Å². The monoisotopic (exact) mass is 200 g/mol. The number of hydrogen-bond donors (Lipinski definition) is 0. The van der Waals surface area contributed by atoms with E-state index in [0.717, 1.165) is 12.0 Å². The maximum absolute atomic E-state index is 11.7. The molecule has 0 aromatic heterocycles. The number of fused-ring (bicyclic) bond motifs is 1. The van der Waals surface area contributed by atoms with Crippen LogP contribution < -0.4 is 0 Å². The second-order valence-corrected chi connectivity index (χ2v) is 3.55. The van der Waals surface area contributed by atoms with E-state index < -0.39 is 6.10 Å². The molecule has 0 N–H and O–H groups in total. The molecule has 1 aromatic rings. The van der Waals surface area contributed by atoms with Crippen molar-refractivity contribution in [2.24, 2.45) is 0 Å². The van der Waals surface area contributed by atoms with Crippen LogP contribution in [-0.4, -0.2) is 12.4 Å². The van der Waals surface area contributed by atoms with Gasteiger partial charge in [0.1, 0.15) is 6.10 Å². The third-order valence-corrected chi connectivity index (χ3v) is 2.56. The number of benzene rings is 1. The average Bonchev–Trinajstić information content (AvgIpc) is 2.28. The lowest BCUT2D eigenvalue weighted by molar-refractivity contribution is -0.130. The molecule has 0 bridgehead atoms. The summed E-state index contributed by atoms with van der Waals surface area (Å²) in [6, 6.07) is 7.87. The topological polar surface area (TPSA) is 26.3 Å². The molecule has 1 unspecified atom stereocenters. The summed E-state index contributed by atoms with van der Waals surface area (Å²) in [6.45, 7) is 0.595. The van der Waals surface area contributed by atoms with Crippen molar-refractivity contribution in [1.82, 2.24) is 0 Å². The molecule has 2 nitrogen and oxygen atoms in total. The smallest absolute Gasteiger partial charge is 0.177 e. The van der Waals surface area contributed by atoms with Crippen LogP contribution in [-0.2, 0) is 16.0 Å². The van der Waals surface area contributed by atoms with E-state index in [9.17, 15) is 4.79 Å². The Morgan fingerprint density at radius 2 is 2.33 bits per heavy atom. The second-order valence-electron chi connectivity index (χ2n) is 3.55. The minimum atomic E-state index is -0.453. The lowest BCUT2D eigenvalue weighted by atomic mass is 9.94. The summed E-state index contributed by atoms with van der Waals surface area (Å²) in [7, 11) is 0. The van der Waals surface area contributed by atoms with Gasteiger partial charge in [-0.1, -0.05) is 30.2 Å². The summed E-state index contributed by atoms with van der Waals surface area (Å²) in [6.07, 6.45) is 5.69. The predicted molar refractivity (Wildman–Crippen MR) is 57.3 cm³/mol. The molecule has 2 heteroatoms. The fourth-order valence-electron chi connectivity index (χ4n) is 1.85. The number of Topliss-reactive ketones (excluding diaryl/α,β-unsaturated/α-hetero) is 1.